The number of benzene rings is 2. The summed E-state index contributed by atoms with van der Waals surface area (Å²) in [5, 5.41) is 2.47. The topological polar surface area (TPSA) is 21.2 Å². The van der Waals surface area contributed by atoms with E-state index in [0.717, 1.165) is 5.52 Å². The highest BCUT2D eigenvalue weighted by atomic mass is 15.1. The van der Waals surface area contributed by atoms with Gasteiger partial charge in [-0.2, -0.15) is 4.40 Å². The van der Waals surface area contributed by atoms with Gasteiger partial charge in [0.05, 0.1) is 18.0 Å². The molecule has 0 aliphatic rings. The second-order valence-electron chi connectivity index (χ2n) is 8.90. The number of aryl methyl sites for hydroxylation is 2. The van der Waals surface area contributed by atoms with Crippen LogP contribution < -0.4 is 4.57 Å². The lowest BCUT2D eigenvalue weighted by Crippen LogP contribution is -2.27. The molecule has 0 aliphatic carbocycles. The average molecular weight is 383 g/mol. The van der Waals surface area contributed by atoms with Crippen molar-refractivity contribution >= 4 is 38.5 Å². The standard InChI is InChI=1S/C26H28N3/c1-15(2)18-7-9-21-20(13-18)25-24(17(5)11-12-27-25)26-28(6)22-10-8-19(16(3)4)14-23(22)29(21)26/h7-16H,1-6H3/q+1. The van der Waals surface area contributed by atoms with Crippen LogP contribution in [-0.4, -0.2) is 9.38 Å². The van der Waals surface area contributed by atoms with Crippen molar-refractivity contribution < 1.29 is 4.57 Å². The molecule has 0 aliphatic heterocycles. The van der Waals surface area contributed by atoms with E-state index in [2.05, 4.69) is 93.1 Å². The van der Waals surface area contributed by atoms with Gasteiger partial charge in [-0.1, -0.05) is 39.8 Å². The van der Waals surface area contributed by atoms with Crippen molar-refractivity contribution in [3.05, 3.63) is 65.4 Å². The van der Waals surface area contributed by atoms with E-state index in [1.807, 2.05) is 6.20 Å². The third-order valence-corrected chi connectivity index (χ3v) is 6.36. The summed E-state index contributed by atoms with van der Waals surface area (Å²) >= 11 is 0. The number of fused-ring (bicyclic) bond motifs is 8. The lowest BCUT2D eigenvalue weighted by Gasteiger charge is -2.10. The van der Waals surface area contributed by atoms with Crippen LogP contribution in [0.4, 0.5) is 0 Å². The molecule has 0 N–H and O–H groups in total. The summed E-state index contributed by atoms with van der Waals surface area (Å²) in [6.45, 7) is 11.2. The molecule has 5 rings (SSSR count). The second-order valence-corrected chi connectivity index (χ2v) is 8.90. The zero-order valence-corrected chi connectivity index (χ0v) is 18.1. The SMILES string of the molecule is Cc1ccnc2c3cc(C(C)C)ccc3n3c4cc(C(C)C)ccc4[n+](C)c3c12. The number of nitrogens with zero attached hydrogens (tertiary/aromatic N) is 3. The first-order valence-corrected chi connectivity index (χ1v) is 10.5. The monoisotopic (exact) mass is 382 g/mol. The molecule has 3 nitrogen and oxygen atoms in total. The van der Waals surface area contributed by atoms with E-state index in [1.165, 1.54) is 49.7 Å². The molecule has 2 aromatic carbocycles. The van der Waals surface area contributed by atoms with Gasteiger partial charge in [-0.15, -0.1) is 0 Å². The van der Waals surface area contributed by atoms with Gasteiger partial charge >= 0.3 is 0 Å². The Bertz CT molecular complexity index is 1420. The summed E-state index contributed by atoms with van der Waals surface area (Å²) in [5.74, 6) is 0.984. The fraction of sp³-hybridized carbons (Fsp3) is 0.308. The van der Waals surface area contributed by atoms with Crippen LogP contribution >= 0.6 is 0 Å². The Balaban J connectivity index is 2.12. The van der Waals surface area contributed by atoms with Crippen LogP contribution in [-0.2, 0) is 7.05 Å². The lowest BCUT2D eigenvalue weighted by molar-refractivity contribution is -0.617. The van der Waals surface area contributed by atoms with E-state index in [4.69, 9.17) is 4.98 Å². The summed E-state index contributed by atoms with van der Waals surface area (Å²) in [4.78, 5) is 4.85. The van der Waals surface area contributed by atoms with Crippen LogP contribution in [0.5, 0.6) is 0 Å². The van der Waals surface area contributed by atoms with Crippen molar-refractivity contribution in [2.45, 2.75) is 46.5 Å². The minimum atomic E-state index is 0.486. The minimum Gasteiger partial charge on any atom is -0.255 e. The van der Waals surface area contributed by atoms with Crippen molar-refractivity contribution in [2.24, 2.45) is 7.05 Å². The smallest absolute Gasteiger partial charge is 0.255 e. The summed E-state index contributed by atoms with van der Waals surface area (Å²) in [6.07, 6.45) is 1.94. The molecule has 0 amide bonds. The molecule has 29 heavy (non-hydrogen) atoms. The molecule has 146 valence electrons. The molecule has 0 radical (unpaired) electrons. The largest absolute Gasteiger partial charge is 0.297 e. The molecule has 0 atom stereocenters. The van der Waals surface area contributed by atoms with Gasteiger partial charge in [0.2, 0.25) is 0 Å². The highest BCUT2D eigenvalue weighted by Gasteiger charge is 2.25. The quantitative estimate of drug-likeness (QED) is 0.264. The summed E-state index contributed by atoms with van der Waals surface area (Å²) < 4.78 is 4.77. The van der Waals surface area contributed by atoms with E-state index >= 15 is 0 Å². The van der Waals surface area contributed by atoms with E-state index < -0.39 is 0 Å². The zero-order valence-electron chi connectivity index (χ0n) is 18.1. The molecule has 3 heteroatoms. The fourth-order valence-electron chi connectivity index (χ4n) is 4.61. The van der Waals surface area contributed by atoms with Crippen molar-refractivity contribution in [1.29, 1.82) is 0 Å². The Morgan fingerprint density at radius 3 is 2.28 bits per heavy atom. The van der Waals surface area contributed by atoms with Gasteiger partial charge in [-0.25, -0.2) is 4.57 Å². The molecule has 0 saturated heterocycles. The molecule has 3 aromatic heterocycles. The maximum Gasteiger partial charge on any atom is 0.297 e. The first-order valence-electron chi connectivity index (χ1n) is 10.5. The first kappa shape index (κ1) is 18.1. The van der Waals surface area contributed by atoms with Crippen molar-refractivity contribution in [3.63, 3.8) is 0 Å². The number of hydrogen-bond acceptors (Lipinski definition) is 1. The molecule has 0 bridgehead atoms. The Morgan fingerprint density at radius 1 is 0.862 bits per heavy atom. The van der Waals surface area contributed by atoms with Gasteiger partial charge in [0.1, 0.15) is 5.52 Å². The summed E-state index contributed by atoms with van der Waals surface area (Å²) in [5.41, 5.74) is 10.0. The van der Waals surface area contributed by atoms with E-state index in [9.17, 15) is 0 Å². The first-order chi connectivity index (χ1) is 13.9. The maximum absolute atomic E-state index is 4.85. The zero-order chi connectivity index (χ0) is 20.4. The summed E-state index contributed by atoms with van der Waals surface area (Å²) in [6, 6.07) is 15.9. The van der Waals surface area contributed by atoms with Gasteiger partial charge in [0.15, 0.2) is 11.0 Å². The third-order valence-electron chi connectivity index (χ3n) is 6.36. The molecule has 0 fully saturated rings. The van der Waals surface area contributed by atoms with Crippen molar-refractivity contribution in [1.82, 2.24) is 9.38 Å². The number of rotatable bonds is 2. The van der Waals surface area contributed by atoms with E-state index in [0.29, 0.717) is 11.8 Å². The molecular weight excluding hydrogens is 354 g/mol. The fourth-order valence-corrected chi connectivity index (χ4v) is 4.61. The molecule has 0 unspecified atom stereocenters. The van der Waals surface area contributed by atoms with Gasteiger partial charge in [-0.3, -0.25) is 4.98 Å². The molecule has 0 saturated carbocycles. The number of pyridine rings is 2. The van der Waals surface area contributed by atoms with E-state index in [-0.39, 0.29) is 0 Å². The van der Waals surface area contributed by atoms with Gasteiger partial charge in [0.25, 0.3) is 5.65 Å². The lowest BCUT2D eigenvalue weighted by atomic mass is 9.99. The van der Waals surface area contributed by atoms with Crippen LogP contribution in [0.2, 0.25) is 0 Å². The molecule has 5 aromatic rings. The second kappa shape index (κ2) is 6.28. The Labute approximate surface area is 171 Å². The van der Waals surface area contributed by atoms with Gasteiger partial charge in [-0.05, 0) is 65.8 Å². The van der Waals surface area contributed by atoms with Crippen LogP contribution in [0.3, 0.4) is 0 Å². The van der Waals surface area contributed by atoms with Crippen molar-refractivity contribution in [3.8, 4) is 0 Å². The number of imidazole rings is 1. The minimum absolute atomic E-state index is 0.486. The van der Waals surface area contributed by atoms with Crippen LogP contribution in [0, 0.1) is 6.92 Å². The normalized spacial score (nSPS) is 12.4. The van der Waals surface area contributed by atoms with Crippen LogP contribution in [0.25, 0.3) is 38.5 Å². The van der Waals surface area contributed by atoms with Gasteiger partial charge < -0.3 is 0 Å². The Hall–Kier alpha value is -2.94. The van der Waals surface area contributed by atoms with Gasteiger partial charge in [0, 0.05) is 11.6 Å². The maximum atomic E-state index is 4.85. The molecule has 3 heterocycles. The molecule has 0 spiro atoms. The number of hydrogen-bond donors (Lipinski definition) is 0. The Kier molecular flexibility index (Phi) is 3.92. The third kappa shape index (κ3) is 2.50. The van der Waals surface area contributed by atoms with Crippen LogP contribution in [0.15, 0.2) is 48.7 Å². The van der Waals surface area contributed by atoms with Crippen molar-refractivity contribution in [2.75, 3.05) is 0 Å². The summed E-state index contributed by atoms with van der Waals surface area (Å²) in [7, 11) is 2.17. The Morgan fingerprint density at radius 2 is 1.55 bits per heavy atom. The highest BCUT2D eigenvalue weighted by molar-refractivity contribution is 6.11. The van der Waals surface area contributed by atoms with Crippen LogP contribution in [0.1, 0.15) is 56.2 Å². The number of aromatic nitrogens is 3. The molecular formula is C26H28N3+. The predicted octanol–water partition coefficient (Wildman–Crippen LogP) is 6.17. The van der Waals surface area contributed by atoms with E-state index in [1.54, 1.807) is 0 Å². The average Bonchev–Trinajstić information content (AvgIpc) is 3.00. The highest BCUT2D eigenvalue weighted by Crippen LogP contribution is 2.34. The predicted molar refractivity (Wildman–Crippen MR) is 122 cm³/mol.